The standard InChI is InChI=1S/C21H19N5OS/c1-2-4-19(26-9-11-27-12-10-26)17(3-1)25-21-22-8-7-16(24-21)15-5-6-20-18(13-15)23-14-28-20/h1-8,13-14H,9-12H2,(H,22,24,25). The van der Waals surface area contributed by atoms with E-state index in [-0.39, 0.29) is 0 Å². The van der Waals surface area contributed by atoms with Crippen LogP contribution in [0.1, 0.15) is 0 Å². The Morgan fingerprint density at radius 3 is 2.82 bits per heavy atom. The van der Waals surface area contributed by atoms with Gasteiger partial charge in [0.1, 0.15) is 0 Å². The highest BCUT2D eigenvalue weighted by molar-refractivity contribution is 7.16. The number of anilines is 3. The molecule has 0 amide bonds. The van der Waals surface area contributed by atoms with Crippen molar-refractivity contribution in [1.82, 2.24) is 15.0 Å². The third-order valence-corrected chi connectivity index (χ3v) is 5.59. The van der Waals surface area contributed by atoms with Gasteiger partial charge in [0.2, 0.25) is 5.95 Å². The molecule has 5 rings (SSSR count). The van der Waals surface area contributed by atoms with Crippen LogP contribution < -0.4 is 10.2 Å². The molecule has 1 N–H and O–H groups in total. The highest BCUT2D eigenvalue weighted by atomic mass is 32.1. The minimum absolute atomic E-state index is 0.580. The van der Waals surface area contributed by atoms with E-state index in [1.807, 2.05) is 17.6 Å². The molecule has 0 unspecified atom stereocenters. The van der Waals surface area contributed by atoms with E-state index < -0.39 is 0 Å². The van der Waals surface area contributed by atoms with Crippen molar-refractivity contribution < 1.29 is 4.74 Å². The number of aromatic nitrogens is 3. The molecule has 0 aliphatic carbocycles. The summed E-state index contributed by atoms with van der Waals surface area (Å²) in [5.74, 6) is 0.580. The molecule has 6 nitrogen and oxygen atoms in total. The van der Waals surface area contributed by atoms with Crippen molar-refractivity contribution in [3.8, 4) is 11.3 Å². The topological polar surface area (TPSA) is 63.2 Å². The lowest BCUT2D eigenvalue weighted by Gasteiger charge is -2.30. The molecule has 1 saturated heterocycles. The second-order valence-electron chi connectivity index (χ2n) is 6.54. The lowest BCUT2D eigenvalue weighted by molar-refractivity contribution is 0.123. The van der Waals surface area contributed by atoms with Crippen LogP contribution in [0.5, 0.6) is 0 Å². The number of benzene rings is 2. The van der Waals surface area contributed by atoms with Crippen molar-refractivity contribution in [2.45, 2.75) is 0 Å². The van der Waals surface area contributed by atoms with E-state index in [9.17, 15) is 0 Å². The number of thiazole rings is 1. The zero-order valence-corrected chi connectivity index (χ0v) is 16.0. The van der Waals surface area contributed by atoms with Crippen molar-refractivity contribution in [1.29, 1.82) is 0 Å². The van der Waals surface area contributed by atoms with Crippen molar-refractivity contribution in [3.63, 3.8) is 0 Å². The number of nitrogens with one attached hydrogen (secondary N) is 1. The molecule has 0 bridgehead atoms. The third-order valence-electron chi connectivity index (χ3n) is 4.78. The van der Waals surface area contributed by atoms with Crippen molar-refractivity contribution in [3.05, 3.63) is 60.2 Å². The van der Waals surface area contributed by atoms with Gasteiger partial charge in [-0.25, -0.2) is 15.0 Å². The van der Waals surface area contributed by atoms with Crippen molar-refractivity contribution in [2.24, 2.45) is 0 Å². The molecule has 28 heavy (non-hydrogen) atoms. The predicted octanol–water partition coefficient (Wildman–Crippen LogP) is 4.33. The van der Waals surface area contributed by atoms with Gasteiger partial charge < -0.3 is 15.0 Å². The summed E-state index contributed by atoms with van der Waals surface area (Å²) in [7, 11) is 0. The molecular formula is C21H19N5OS. The van der Waals surface area contributed by atoms with Gasteiger partial charge in [0.15, 0.2) is 0 Å². The van der Waals surface area contributed by atoms with Crippen molar-refractivity contribution >= 4 is 38.9 Å². The van der Waals surface area contributed by atoms with E-state index >= 15 is 0 Å². The summed E-state index contributed by atoms with van der Waals surface area (Å²) in [6, 6.07) is 16.4. The molecule has 140 valence electrons. The molecular weight excluding hydrogens is 370 g/mol. The van der Waals surface area contributed by atoms with E-state index in [1.165, 1.54) is 4.70 Å². The van der Waals surface area contributed by atoms with Gasteiger partial charge in [0, 0.05) is 24.8 Å². The maximum atomic E-state index is 5.48. The van der Waals surface area contributed by atoms with Gasteiger partial charge in [-0.1, -0.05) is 18.2 Å². The molecule has 1 aliphatic rings. The van der Waals surface area contributed by atoms with Crippen LogP contribution in [0.3, 0.4) is 0 Å². The Hall–Kier alpha value is -3.03. The molecule has 2 aromatic carbocycles. The molecule has 0 radical (unpaired) electrons. The number of hydrogen-bond donors (Lipinski definition) is 1. The second kappa shape index (κ2) is 7.53. The Labute approximate surface area is 166 Å². The minimum atomic E-state index is 0.580. The summed E-state index contributed by atoms with van der Waals surface area (Å²) in [5, 5.41) is 3.39. The lowest BCUT2D eigenvalue weighted by atomic mass is 10.1. The number of rotatable bonds is 4. The molecule has 1 fully saturated rings. The molecule has 0 atom stereocenters. The van der Waals surface area contributed by atoms with Gasteiger partial charge >= 0.3 is 0 Å². The Balaban J connectivity index is 1.44. The highest BCUT2D eigenvalue weighted by Gasteiger charge is 2.15. The quantitative estimate of drug-likeness (QED) is 0.560. The van der Waals surface area contributed by atoms with Crippen LogP contribution >= 0.6 is 11.3 Å². The monoisotopic (exact) mass is 389 g/mol. The van der Waals surface area contributed by atoms with Gasteiger partial charge in [-0.15, -0.1) is 11.3 Å². The summed E-state index contributed by atoms with van der Waals surface area (Å²) in [6.45, 7) is 3.26. The number of para-hydroxylation sites is 2. The number of fused-ring (bicyclic) bond motifs is 1. The first-order chi connectivity index (χ1) is 13.9. The molecule has 4 aromatic rings. The molecule has 7 heteroatoms. The lowest BCUT2D eigenvalue weighted by Crippen LogP contribution is -2.36. The molecule has 3 heterocycles. The second-order valence-corrected chi connectivity index (χ2v) is 7.43. The van der Waals surface area contributed by atoms with E-state index in [0.717, 1.165) is 54.5 Å². The van der Waals surface area contributed by atoms with E-state index in [1.54, 1.807) is 17.5 Å². The zero-order chi connectivity index (χ0) is 18.8. The van der Waals surface area contributed by atoms with Crippen LogP contribution in [0, 0.1) is 0 Å². The Morgan fingerprint density at radius 1 is 1.00 bits per heavy atom. The zero-order valence-electron chi connectivity index (χ0n) is 15.2. The smallest absolute Gasteiger partial charge is 0.227 e. The summed E-state index contributed by atoms with van der Waals surface area (Å²) in [6.07, 6.45) is 1.78. The minimum Gasteiger partial charge on any atom is -0.378 e. The summed E-state index contributed by atoms with van der Waals surface area (Å²) in [4.78, 5) is 15.9. The number of hydrogen-bond acceptors (Lipinski definition) is 7. The van der Waals surface area contributed by atoms with Crippen LogP contribution in [0.2, 0.25) is 0 Å². The largest absolute Gasteiger partial charge is 0.378 e. The molecule has 2 aromatic heterocycles. The average Bonchev–Trinajstić information content (AvgIpc) is 3.23. The Bertz CT molecular complexity index is 1110. The number of morpholine rings is 1. The van der Waals surface area contributed by atoms with Gasteiger partial charge in [-0.3, -0.25) is 0 Å². The summed E-state index contributed by atoms with van der Waals surface area (Å²) >= 11 is 1.64. The SMILES string of the molecule is c1ccc(N2CCOCC2)c(Nc2nccc(-c3ccc4scnc4c3)n2)c1. The van der Waals surface area contributed by atoms with E-state index in [4.69, 9.17) is 9.72 Å². The van der Waals surface area contributed by atoms with E-state index in [2.05, 4.69) is 56.6 Å². The van der Waals surface area contributed by atoms with Crippen LogP contribution in [0.25, 0.3) is 21.5 Å². The van der Waals surface area contributed by atoms with Gasteiger partial charge in [-0.05, 0) is 30.3 Å². The van der Waals surface area contributed by atoms with Crippen LogP contribution in [0.15, 0.2) is 60.2 Å². The third kappa shape index (κ3) is 3.42. The average molecular weight is 389 g/mol. The first kappa shape index (κ1) is 17.1. The molecule has 0 saturated carbocycles. The van der Waals surface area contributed by atoms with Crippen LogP contribution in [-0.4, -0.2) is 41.3 Å². The maximum Gasteiger partial charge on any atom is 0.227 e. The van der Waals surface area contributed by atoms with Gasteiger partial charge in [0.25, 0.3) is 0 Å². The summed E-state index contributed by atoms with van der Waals surface area (Å²) in [5.41, 5.74) is 6.90. The first-order valence-electron chi connectivity index (χ1n) is 9.22. The Morgan fingerprint density at radius 2 is 1.89 bits per heavy atom. The van der Waals surface area contributed by atoms with E-state index in [0.29, 0.717) is 5.95 Å². The molecule has 0 spiro atoms. The highest BCUT2D eigenvalue weighted by Crippen LogP contribution is 2.29. The fourth-order valence-corrected chi connectivity index (χ4v) is 4.04. The number of ether oxygens (including phenoxy) is 1. The normalized spacial score (nSPS) is 14.4. The van der Waals surface area contributed by atoms with Crippen LogP contribution in [0.4, 0.5) is 17.3 Å². The molecule has 1 aliphatic heterocycles. The Kier molecular flexibility index (Phi) is 4.60. The fourth-order valence-electron chi connectivity index (χ4n) is 3.38. The van der Waals surface area contributed by atoms with Gasteiger partial charge in [-0.2, -0.15) is 0 Å². The van der Waals surface area contributed by atoms with Crippen molar-refractivity contribution in [2.75, 3.05) is 36.5 Å². The van der Waals surface area contributed by atoms with Gasteiger partial charge in [0.05, 0.1) is 46.0 Å². The predicted molar refractivity (Wildman–Crippen MR) is 113 cm³/mol. The summed E-state index contributed by atoms with van der Waals surface area (Å²) < 4.78 is 6.65. The number of nitrogens with zero attached hydrogens (tertiary/aromatic N) is 4. The first-order valence-corrected chi connectivity index (χ1v) is 10.1. The maximum absolute atomic E-state index is 5.48. The fraction of sp³-hybridized carbons (Fsp3) is 0.190. The van der Waals surface area contributed by atoms with Crippen LogP contribution in [-0.2, 0) is 4.74 Å².